The molecule has 0 bridgehead atoms. The fraction of sp³-hybridized carbons (Fsp3) is 0.400. The first-order chi connectivity index (χ1) is 13.3. The van der Waals surface area contributed by atoms with Crippen molar-refractivity contribution >= 4 is 21.4 Å². The van der Waals surface area contributed by atoms with Crippen LogP contribution in [0.1, 0.15) is 12.8 Å². The number of sulfonamides is 1. The van der Waals surface area contributed by atoms with Crippen LogP contribution < -0.4 is 13.8 Å². The Balaban J connectivity index is 2.08. The summed E-state index contributed by atoms with van der Waals surface area (Å²) >= 11 is 0. The Morgan fingerprint density at radius 3 is 1.64 bits per heavy atom. The molecule has 0 atom stereocenters. The quantitative estimate of drug-likeness (QED) is 0.731. The molecule has 152 valence electrons. The van der Waals surface area contributed by atoms with E-state index in [1.165, 1.54) is 14.2 Å². The Morgan fingerprint density at radius 1 is 0.893 bits per heavy atom. The summed E-state index contributed by atoms with van der Waals surface area (Å²) in [7, 11) is 0.584. The predicted octanol–water partition coefficient (Wildman–Crippen LogP) is 3.56. The highest BCUT2D eigenvalue weighted by Crippen LogP contribution is 2.41. The highest BCUT2D eigenvalue weighted by Gasteiger charge is 2.50. The second-order valence-electron chi connectivity index (χ2n) is 6.85. The van der Waals surface area contributed by atoms with Crippen molar-refractivity contribution in [2.45, 2.75) is 17.8 Å². The van der Waals surface area contributed by atoms with E-state index in [-0.39, 0.29) is 12.8 Å². The molecule has 0 saturated carbocycles. The average molecular weight is 408 g/mol. The minimum absolute atomic E-state index is 0.0748. The van der Waals surface area contributed by atoms with E-state index in [9.17, 15) is 8.42 Å². The van der Waals surface area contributed by atoms with Gasteiger partial charge in [-0.3, -0.25) is 0 Å². The number of methoxy groups -OCH3 is 2. The van der Waals surface area contributed by atoms with Gasteiger partial charge in [0.15, 0.2) is 0 Å². The summed E-state index contributed by atoms with van der Waals surface area (Å²) in [4.78, 5) is 1.93. The number of nitrogens with zero attached hydrogens (tertiary/aromatic N) is 2. The number of hydrogen-bond donors (Lipinski definition) is 0. The molecular weight excluding hydrogens is 383 g/mol. The first kappa shape index (κ1) is 20.4. The zero-order valence-electron chi connectivity index (χ0n) is 16.3. The summed E-state index contributed by atoms with van der Waals surface area (Å²) in [6, 6.07) is 13.1. The summed E-state index contributed by atoms with van der Waals surface area (Å²) in [5, 5.41) is -2.33. The molecule has 1 heterocycles. The van der Waals surface area contributed by atoms with Gasteiger partial charge in [-0.15, -0.1) is 0 Å². The molecule has 3 rings (SSSR count). The van der Waals surface area contributed by atoms with Gasteiger partial charge in [0.2, 0.25) is 5.00 Å². The second-order valence-corrected chi connectivity index (χ2v) is 8.90. The Morgan fingerprint density at radius 2 is 1.29 bits per heavy atom. The smallest absolute Gasteiger partial charge is 0.274 e. The Kier molecular flexibility index (Phi) is 5.81. The number of alkyl halides is 1. The molecular formula is C20H25FN2O4S. The highest BCUT2D eigenvalue weighted by atomic mass is 32.2. The summed E-state index contributed by atoms with van der Waals surface area (Å²) < 4.78 is 54.1. The standard InChI is InChI=1S/C20H25FN2O4S/c1-22-14-12-20(21,13-15-22)28(24,25)23(16-4-8-18(26-2)9-5-16)17-6-10-19(27-3)11-7-17/h4-11H,12-15H2,1-3H3. The Labute approximate surface area is 165 Å². The van der Waals surface area contributed by atoms with Crippen molar-refractivity contribution < 1.29 is 22.3 Å². The fourth-order valence-corrected chi connectivity index (χ4v) is 5.06. The maximum absolute atomic E-state index is 15.7. The molecule has 8 heteroatoms. The highest BCUT2D eigenvalue weighted by molar-refractivity contribution is 7.94. The first-order valence-electron chi connectivity index (χ1n) is 9.01. The number of halogens is 1. The molecule has 0 amide bonds. The van der Waals surface area contributed by atoms with Gasteiger partial charge in [0.05, 0.1) is 25.6 Å². The van der Waals surface area contributed by atoms with Crippen molar-refractivity contribution in [3.05, 3.63) is 48.5 Å². The summed E-state index contributed by atoms with van der Waals surface area (Å²) in [5.41, 5.74) is 0.698. The van der Waals surface area contributed by atoms with Crippen LogP contribution in [0, 0.1) is 0 Å². The van der Waals surface area contributed by atoms with Gasteiger partial charge in [0.1, 0.15) is 11.5 Å². The van der Waals surface area contributed by atoms with Crippen molar-refractivity contribution in [3.63, 3.8) is 0 Å². The largest absolute Gasteiger partial charge is 0.497 e. The van der Waals surface area contributed by atoms with E-state index in [4.69, 9.17) is 9.47 Å². The van der Waals surface area contributed by atoms with Crippen molar-refractivity contribution in [2.24, 2.45) is 0 Å². The SMILES string of the molecule is COc1ccc(N(c2ccc(OC)cc2)S(=O)(=O)C2(F)CCN(C)CC2)cc1. The molecule has 0 N–H and O–H groups in total. The van der Waals surface area contributed by atoms with Crippen LogP contribution in [-0.2, 0) is 10.0 Å². The lowest BCUT2D eigenvalue weighted by Crippen LogP contribution is -2.50. The van der Waals surface area contributed by atoms with E-state index < -0.39 is 15.0 Å². The normalized spacial score (nSPS) is 17.1. The van der Waals surface area contributed by atoms with E-state index in [1.54, 1.807) is 48.5 Å². The molecule has 1 saturated heterocycles. The van der Waals surface area contributed by atoms with Crippen molar-refractivity contribution in [1.82, 2.24) is 4.90 Å². The lowest BCUT2D eigenvalue weighted by atomic mass is 10.1. The van der Waals surface area contributed by atoms with Gasteiger partial charge >= 0.3 is 0 Å². The fourth-order valence-electron chi connectivity index (χ4n) is 3.24. The van der Waals surface area contributed by atoms with Crippen molar-refractivity contribution in [2.75, 3.05) is 38.7 Å². The molecule has 2 aromatic rings. The molecule has 0 radical (unpaired) electrons. The summed E-state index contributed by atoms with van der Waals surface area (Å²) in [6.45, 7) is 0.767. The van der Waals surface area contributed by atoms with Crippen LogP contribution in [-0.4, -0.2) is 52.7 Å². The molecule has 0 unspecified atom stereocenters. The molecule has 1 aliphatic rings. The molecule has 0 spiro atoms. The topological polar surface area (TPSA) is 59.1 Å². The first-order valence-corrected chi connectivity index (χ1v) is 10.5. The molecule has 6 nitrogen and oxygen atoms in total. The van der Waals surface area contributed by atoms with Gasteiger partial charge in [-0.2, -0.15) is 0 Å². The van der Waals surface area contributed by atoms with Gasteiger partial charge in [-0.05, 0) is 55.6 Å². The number of ether oxygens (including phenoxy) is 2. The van der Waals surface area contributed by atoms with Crippen LogP contribution in [0.4, 0.5) is 15.8 Å². The van der Waals surface area contributed by atoms with Gasteiger partial charge in [0.25, 0.3) is 10.0 Å². The van der Waals surface area contributed by atoms with Crippen LogP contribution in [0.5, 0.6) is 11.5 Å². The van der Waals surface area contributed by atoms with Crippen molar-refractivity contribution in [1.29, 1.82) is 0 Å². The van der Waals surface area contributed by atoms with Crippen LogP contribution in [0.3, 0.4) is 0 Å². The number of anilines is 2. The maximum atomic E-state index is 15.7. The molecule has 0 aromatic heterocycles. The number of rotatable bonds is 6. The monoisotopic (exact) mass is 408 g/mol. The number of likely N-dealkylation sites (tertiary alicyclic amines) is 1. The van der Waals surface area contributed by atoms with E-state index in [0.717, 1.165) is 4.31 Å². The second kappa shape index (κ2) is 7.97. The van der Waals surface area contributed by atoms with Crippen molar-refractivity contribution in [3.8, 4) is 11.5 Å². The van der Waals surface area contributed by atoms with E-state index in [0.29, 0.717) is 36.0 Å². The lowest BCUT2D eigenvalue weighted by molar-refractivity contribution is 0.138. The average Bonchev–Trinajstić information content (AvgIpc) is 2.71. The number of piperidine rings is 1. The van der Waals surface area contributed by atoms with E-state index >= 15 is 4.39 Å². The number of hydrogen-bond acceptors (Lipinski definition) is 5. The Hall–Kier alpha value is -2.32. The van der Waals surface area contributed by atoms with Gasteiger partial charge in [-0.1, -0.05) is 0 Å². The zero-order valence-corrected chi connectivity index (χ0v) is 17.1. The van der Waals surface area contributed by atoms with Crippen LogP contribution in [0.2, 0.25) is 0 Å². The van der Waals surface area contributed by atoms with Crippen LogP contribution in [0.25, 0.3) is 0 Å². The minimum Gasteiger partial charge on any atom is -0.497 e. The molecule has 0 aliphatic carbocycles. The molecule has 1 fully saturated rings. The van der Waals surface area contributed by atoms with Gasteiger partial charge in [-0.25, -0.2) is 17.1 Å². The van der Waals surface area contributed by atoms with Crippen LogP contribution in [0.15, 0.2) is 48.5 Å². The Bertz CT molecular complexity index is 845. The zero-order chi connectivity index (χ0) is 20.4. The predicted molar refractivity (Wildman–Crippen MR) is 108 cm³/mol. The molecule has 28 heavy (non-hydrogen) atoms. The third-order valence-electron chi connectivity index (χ3n) is 5.05. The summed E-state index contributed by atoms with van der Waals surface area (Å²) in [6.07, 6.45) is -0.150. The lowest BCUT2D eigenvalue weighted by Gasteiger charge is -2.38. The van der Waals surface area contributed by atoms with Gasteiger partial charge < -0.3 is 14.4 Å². The minimum atomic E-state index is -4.33. The summed E-state index contributed by atoms with van der Waals surface area (Å²) in [5.74, 6) is 1.18. The van der Waals surface area contributed by atoms with Crippen LogP contribution >= 0.6 is 0 Å². The number of benzene rings is 2. The van der Waals surface area contributed by atoms with E-state index in [2.05, 4.69) is 0 Å². The molecule has 2 aromatic carbocycles. The maximum Gasteiger partial charge on any atom is 0.274 e. The van der Waals surface area contributed by atoms with E-state index in [1.807, 2.05) is 11.9 Å². The van der Waals surface area contributed by atoms with Gasteiger partial charge in [0, 0.05) is 25.9 Å². The third-order valence-corrected chi connectivity index (χ3v) is 7.29. The molecule has 1 aliphatic heterocycles. The third kappa shape index (κ3) is 3.79.